The molecule has 148 valence electrons. The van der Waals surface area contributed by atoms with E-state index < -0.39 is 16.2 Å². The summed E-state index contributed by atoms with van der Waals surface area (Å²) in [5, 5.41) is 0. The molecule has 4 nitrogen and oxygen atoms in total. The molecule has 0 aromatic heterocycles. The van der Waals surface area contributed by atoms with Gasteiger partial charge in [0.25, 0.3) is 0 Å². The third-order valence-corrected chi connectivity index (χ3v) is 7.67. The number of carbonyl (C=O) groups is 2. The van der Waals surface area contributed by atoms with E-state index in [2.05, 4.69) is 12.1 Å². The Balaban J connectivity index is 1.86. The van der Waals surface area contributed by atoms with Crippen molar-refractivity contribution in [2.45, 2.75) is 16.7 Å². The highest BCUT2D eigenvalue weighted by Crippen LogP contribution is 2.93. The van der Waals surface area contributed by atoms with E-state index in [9.17, 15) is 9.59 Å². The molecule has 0 amide bonds. The van der Waals surface area contributed by atoms with Crippen LogP contribution in [0.2, 0.25) is 0 Å². The minimum atomic E-state index is -1.15. The van der Waals surface area contributed by atoms with Gasteiger partial charge < -0.3 is 9.47 Å². The van der Waals surface area contributed by atoms with Gasteiger partial charge in [-0.15, -0.1) is 0 Å². The number of rotatable bonds is 3. The Morgan fingerprint density at radius 1 is 0.700 bits per heavy atom. The van der Waals surface area contributed by atoms with Crippen LogP contribution in [-0.4, -0.2) is 26.2 Å². The zero-order valence-electron chi connectivity index (χ0n) is 16.7. The van der Waals surface area contributed by atoms with E-state index in [1.807, 2.05) is 66.7 Å². The predicted octanol–water partition coefficient (Wildman–Crippen LogP) is 3.72. The zero-order valence-corrected chi connectivity index (χ0v) is 16.7. The highest BCUT2D eigenvalue weighted by molar-refractivity contribution is 6.12. The first-order valence-electron chi connectivity index (χ1n) is 10.1. The van der Waals surface area contributed by atoms with Gasteiger partial charge in [0.05, 0.1) is 19.6 Å². The lowest BCUT2D eigenvalue weighted by Gasteiger charge is -2.25. The lowest BCUT2D eigenvalue weighted by Crippen LogP contribution is -2.34. The molecule has 3 aromatic carbocycles. The van der Waals surface area contributed by atoms with E-state index >= 15 is 0 Å². The molecule has 0 saturated heterocycles. The van der Waals surface area contributed by atoms with Crippen LogP contribution in [0.15, 0.2) is 78.9 Å². The SMILES string of the molecule is COC(=O)C12c3ccccc3C3c4ccccc4C1(c1ccccc1)C32C(=O)OC. The van der Waals surface area contributed by atoms with Crippen molar-refractivity contribution in [2.75, 3.05) is 14.2 Å². The number of methoxy groups -OCH3 is 2. The van der Waals surface area contributed by atoms with Crippen molar-refractivity contribution in [2.24, 2.45) is 5.41 Å². The molecular formula is C26H20O4. The molecule has 4 unspecified atom stereocenters. The van der Waals surface area contributed by atoms with Crippen molar-refractivity contribution in [3.05, 3.63) is 107 Å². The van der Waals surface area contributed by atoms with E-state index in [0.717, 1.165) is 27.8 Å². The maximum atomic E-state index is 13.7. The summed E-state index contributed by atoms with van der Waals surface area (Å²) in [4.78, 5) is 27.5. The summed E-state index contributed by atoms with van der Waals surface area (Å²) in [5.41, 5.74) is 1.78. The van der Waals surface area contributed by atoms with Crippen molar-refractivity contribution in [1.29, 1.82) is 0 Å². The van der Waals surface area contributed by atoms with Crippen LogP contribution in [0.1, 0.15) is 33.7 Å². The molecule has 4 atom stereocenters. The topological polar surface area (TPSA) is 52.6 Å². The van der Waals surface area contributed by atoms with Crippen molar-refractivity contribution in [3.63, 3.8) is 0 Å². The quantitative estimate of drug-likeness (QED) is 0.634. The first kappa shape index (κ1) is 17.5. The molecule has 4 heteroatoms. The molecule has 0 bridgehead atoms. The molecule has 6 rings (SSSR count). The third kappa shape index (κ3) is 1.38. The summed E-state index contributed by atoms with van der Waals surface area (Å²) in [5.74, 6) is -1.02. The number of carbonyl (C=O) groups excluding carboxylic acids is 2. The van der Waals surface area contributed by atoms with E-state index in [-0.39, 0.29) is 17.9 Å². The maximum absolute atomic E-state index is 13.7. The molecule has 0 N–H and O–H groups in total. The van der Waals surface area contributed by atoms with Gasteiger partial charge >= 0.3 is 11.9 Å². The molecule has 0 heterocycles. The van der Waals surface area contributed by atoms with Gasteiger partial charge in [-0.1, -0.05) is 78.9 Å². The minimum Gasteiger partial charge on any atom is -0.468 e. The smallest absolute Gasteiger partial charge is 0.318 e. The van der Waals surface area contributed by atoms with Crippen LogP contribution in [0.25, 0.3) is 0 Å². The summed E-state index contributed by atoms with van der Waals surface area (Å²) in [7, 11) is 2.81. The van der Waals surface area contributed by atoms with Gasteiger partial charge in [-0.25, -0.2) is 0 Å². The molecule has 0 aliphatic heterocycles. The van der Waals surface area contributed by atoms with Gasteiger partial charge in [-0.2, -0.15) is 0 Å². The Morgan fingerprint density at radius 2 is 1.23 bits per heavy atom. The van der Waals surface area contributed by atoms with Crippen LogP contribution in [0.3, 0.4) is 0 Å². The van der Waals surface area contributed by atoms with Crippen LogP contribution < -0.4 is 0 Å². The Morgan fingerprint density at radius 3 is 1.87 bits per heavy atom. The Kier molecular flexibility index (Phi) is 3.14. The Bertz CT molecular complexity index is 1230. The largest absolute Gasteiger partial charge is 0.468 e. The summed E-state index contributed by atoms with van der Waals surface area (Å²) < 4.78 is 10.9. The van der Waals surface area contributed by atoms with Crippen molar-refractivity contribution >= 4 is 11.9 Å². The molecule has 3 aliphatic carbocycles. The van der Waals surface area contributed by atoms with Crippen LogP contribution in [-0.2, 0) is 29.9 Å². The lowest BCUT2D eigenvalue weighted by atomic mass is 9.76. The Hall–Kier alpha value is -3.40. The Labute approximate surface area is 174 Å². The highest BCUT2D eigenvalue weighted by atomic mass is 16.5. The number of ether oxygens (including phenoxy) is 2. The second-order valence-electron chi connectivity index (χ2n) is 8.26. The number of hydrogen-bond donors (Lipinski definition) is 0. The van der Waals surface area contributed by atoms with Crippen LogP contribution >= 0.6 is 0 Å². The molecule has 30 heavy (non-hydrogen) atoms. The van der Waals surface area contributed by atoms with Crippen molar-refractivity contribution < 1.29 is 19.1 Å². The van der Waals surface area contributed by atoms with E-state index in [4.69, 9.17) is 9.47 Å². The second-order valence-corrected chi connectivity index (χ2v) is 8.26. The van der Waals surface area contributed by atoms with Crippen LogP contribution in [0.5, 0.6) is 0 Å². The molecule has 0 spiro atoms. The molecule has 1 fully saturated rings. The average Bonchev–Trinajstić information content (AvgIpc) is 3.17. The first-order valence-corrected chi connectivity index (χ1v) is 10.1. The summed E-state index contributed by atoms with van der Waals surface area (Å²) >= 11 is 0. The van der Waals surface area contributed by atoms with E-state index in [1.54, 1.807) is 0 Å². The zero-order chi connectivity index (χ0) is 20.7. The molecule has 3 aliphatic rings. The minimum absolute atomic E-state index is 0.267. The van der Waals surface area contributed by atoms with Crippen LogP contribution in [0.4, 0.5) is 0 Å². The van der Waals surface area contributed by atoms with Crippen LogP contribution in [0, 0.1) is 5.41 Å². The van der Waals surface area contributed by atoms with Crippen molar-refractivity contribution in [3.8, 4) is 0 Å². The monoisotopic (exact) mass is 396 g/mol. The fourth-order valence-electron chi connectivity index (χ4n) is 7.11. The summed E-state index contributed by atoms with van der Waals surface area (Å²) in [6, 6.07) is 25.9. The fourth-order valence-corrected chi connectivity index (χ4v) is 7.11. The first-order chi connectivity index (χ1) is 14.7. The molecule has 0 radical (unpaired) electrons. The summed E-state index contributed by atoms with van der Waals surface area (Å²) in [6.45, 7) is 0. The highest BCUT2D eigenvalue weighted by Gasteiger charge is 3.03. The normalized spacial score (nSPS) is 31.3. The van der Waals surface area contributed by atoms with E-state index in [1.165, 1.54) is 14.2 Å². The summed E-state index contributed by atoms with van der Waals surface area (Å²) in [6.07, 6.45) is 0. The molecule has 1 saturated carbocycles. The number of benzene rings is 3. The van der Waals surface area contributed by atoms with Gasteiger partial charge in [0.2, 0.25) is 0 Å². The standard InChI is InChI=1S/C26H20O4/c1-29-22(27)25-20-15-9-7-13-18(20)21-17-12-6-8-14-19(17)24(25,16-10-4-3-5-11-16)26(21,25)23(28)30-2/h3-15,21H,1-2H3. The lowest BCUT2D eigenvalue weighted by molar-refractivity contribution is -0.154. The average molecular weight is 396 g/mol. The van der Waals surface area contributed by atoms with Gasteiger partial charge in [-0.3, -0.25) is 9.59 Å². The van der Waals surface area contributed by atoms with Gasteiger partial charge in [0.1, 0.15) is 10.8 Å². The molecule has 3 aromatic rings. The number of hydrogen-bond acceptors (Lipinski definition) is 4. The van der Waals surface area contributed by atoms with Gasteiger partial charge in [-0.05, 0) is 27.8 Å². The van der Waals surface area contributed by atoms with Gasteiger partial charge in [0.15, 0.2) is 0 Å². The fraction of sp³-hybridized carbons (Fsp3) is 0.231. The maximum Gasteiger partial charge on any atom is 0.318 e. The number of esters is 2. The number of fused-ring (bicyclic) bond motifs is 7. The van der Waals surface area contributed by atoms with Gasteiger partial charge in [0, 0.05) is 5.92 Å². The van der Waals surface area contributed by atoms with E-state index in [0.29, 0.717) is 0 Å². The predicted molar refractivity (Wildman–Crippen MR) is 110 cm³/mol. The second kappa shape index (κ2) is 5.39. The third-order valence-electron chi connectivity index (χ3n) is 7.67. The van der Waals surface area contributed by atoms with Crippen molar-refractivity contribution in [1.82, 2.24) is 0 Å². The molecular weight excluding hydrogens is 376 g/mol.